The Morgan fingerprint density at radius 3 is 2.83 bits per heavy atom. The molecule has 0 aliphatic heterocycles. The van der Waals surface area contributed by atoms with Gasteiger partial charge in [-0.25, -0.2) is 0 Å². The van der Waals surface area contributed by atoms with E-state index >= 15 is 0 Å². The van der Waals surface area contributed by atoms with Gasteiger partial charge in [0, 0.05) is 23.4 Å². The predicted molar refractivity (Wildman–Crippen MR) is 72.2 cm³/mol. The molecule has 2 aromatic rings. The molecule has 0 unspecified atom stereocenters. The predicted octanol–water partition coefficient (Wildman–Crippen LogP) is 2.49. The third-order valence-electron chi connectivity index (χ3n) is 2.95. The molecule has 94 valence electrons. The molecule has 4 heteroatoms. The van der Waals surface area contributed by atoms with Crippen molar-refractivity contribution >= 4 is 11.5 Å². The summed E-state index contributed by atoms with van der Waals surface area (Å²) in [7, 11) is 0. The van der Waals surface area contributed by atoms with Gasteiger partial charge in [-0.3, -0.25) is 5.10 Å². The maximum atomic E-state index is 10.9. The largest absolute Gasteiger partial charge is 0.398 e. The number of benzene rings is 1. The second-order valence-electron chi connectivity index (χ2n) is 4.55. The van der Waals surface area contributed by atoms with Gasteiger partial charge in [0.2, 0.25) is 0 Å². The van der Waals surface area contributed by atoms with Crippen molar-refractivity contribution in [1.82, 2.24) is 10.2 Å². The molecule has 0 bridgehead atoms. The lowest BCUT2D eigenvalue weighted by molar-refractivity contribution is -0.116. The van der Waals surface area contributed by atoms with Crippen LogP contribution in [0.2, 0.25) is 0 Å². The first kappa shape index (κ1) is 12.4. The quantitative estimate of drug-likeness (QED) is 0.810. The van der Waals surface area contributed by atoms with Crippen LogP contribution in [0.5, 0.6) is 0 Å². The number of anilines is 1. The van der Waals surface area contributed by atoms with Gasteiger partial charge >= 0.3 is 0 Å². The smallest absolute Gasteiger partial charge is 0.130 e. The lowest BCUT2D eigenvalue weighted by atomic mass is 10.1. The molecular weight excluding hydrogens is 226 g/mol. The molecule has 0 aliphatic rings. The van der Waals surface area contributed by atoms with E-state index in [0.29, 0.717) is 12.8 Å². The third-order valence-corrected chi connectivity index (χ3v) is 2.95. The highest BCUT2D eigenvalue weighted by Crippen LogP contribution is 2.22. The summed E-state index contributed by atoms with van der Waals surface area (Å²) >= 11 is 0. The minimum atomic E-state index is 0.186. The molecule has 0 fully saturated rings. The average Bonchev–Trinajstić information content (AvgIpc) is 2.79. The molecule has 18 heavy (non-hydrogen) atoms. The molecular formula is C14H17N3O. The van der Waals surface area contributed by atoms with Gasteiger partial charge in [-0.2, -0.15) is 5.10 Å². The van der Waals surface area contributed by atoms with Gasteiger partial charge in [-0.05, 0) is 38.0 Å². The van der Waals surface area contributed by atoms with Crippen LogP contribution in [0.15, 0.2) is 24.3 Å². The number of aromatic nitrogens is 2. The summed E-state index contributed by atoms with van der Waals surface area (Å²) in [5, 5.41) is 7.19. The Labute approximate surface area is 106 Å². The molecule has 0 spiro atoms. The van der Waals surface area contributed by atoms with E-state index in [9.17, 15) is 4.79 Å². The zero-order chi connectivity index (χ0) is 13.1. The molecule has 2 rings (SSSR count). The van der Waals surface area contributed by atoms with Crippen molar-refractivity contribution in [2.75, 3.05) is 5.73 Å². The van der Waals surface area contributed by atoms with Crippen LogP contribution in [0.4, 0.5) is 5.69 Å². The van der Waals surface area contributed by atoms with Gasteiger partial charge in [0.15, 0.2) is 0 Å². The van der Waals surface area contributed by atoms with Gasteiger partial charge < -0.3 is 10.5 Å². The molecule has 0 radical (unpaired) electrons. The number of hydrogen-bond acceptors (Lipinski definition) is 3. The zero-order valence-electron chi connectivity index (χ0n) is 10.7. The molecule has 1 aromatic carbocycles. The van der Waals surface area contributed by atoms with Crippen LogP contribution in [0.3, 0.4) is 0 Å². The topological polar surface area (TPSA) is 71.8 Å². The Kier molecular flexibility index (Phi) is 3.46. The highest BCUT2D eigenvalue weighted by molar-refractivity contribution is 5.75. The first-order valence-corrected chi connectivity index (χ1v) is 5.96. The first-order chi connectivity index (χ1) is 8.56. The SMILES string of the molecule is CC(=O)CCc1cc(-c2ccc(C)c(N)c2)n[nH]1. The van der Waals surface area contributed by atoms with E-state index in [1.165, 1.54) is 0 Å². The van der Waals surface area contributed by atoms with Crippen molar-refractivity contribution in [3.63, 3.8) is 0 Å². The van der Waals surface area contributed by atoms with E-state index < -0.39 is 0 Å². The van der Waals surface area contributed by atoms with Gasteiger partial charge in [0.1, 0.15) is 5.78 Å². The number of aryl methyl sites for hydroxylation is 2. The number of rotatable bonds is 4. The normalized spacial score (nSPS) is 10.6. The summed E-state index contributed by atoms with van der Waals surface area (Å²) in [6.07, 6.45) is 1.24. The summed E-state index contributed by atoms with van der Waals surface area (Å²) in [5.74, 6) is 0.186. The van der Waals surface area contributed by atoms with Crippen LogP contribution in [-0.2, 0) is 11.2 Å². The second kappa shape index (κ2) is 5.04. The average molecular weight is 243 g/mol. The monoisotopic (exact) mass is 243 g/mol. The Bertz CT molecular complexity index is 572. The molecule has 1 aromatic heterocycles. The van der Waals surface area contributed by atoms with Crippen LogP contribution in [0.1, 0.15) is 24.6 Å². The number of carbonyl (C=O) groups is 1. The number of H-pyrrole nitrogens is 1. The maximum Gasteiger partial charge on any atom is 0.130 e. The van der Waals surface area contributed by atoms with Crippen LogP contribution in [0.25, 0.3) is 11.3 Å². The van der Waals surface area contributed by atoms with E-state index in [1.807, 2.05) is 31.2 Å². The number of carbonyl (C=O) groups excluding carboxylic acids is 1. The zero-order valence-corrected chi connectivity index (χ0v) is 10.7. The Balaban J connectivity index is 2.18. The first-order valence-electron chi connectivity index (χ1n) is 5.96. The van der Waals surface area contributed by atoms with Crippen LogP contribution >= 0.6 is 0 Å². The summed E-state index contributed by atoms with van der Waals surface area (Å²) in [6, 6.07) is 7.86. The van der Waals surface area contributed by atoms with Crippen molar-refractivity contribution in [2.24, 2.45) is 0 Å². The number of aromatic amines is 1. The standard InChI is InChI=1S/C14H17N3O/c1-9-3-5-11(7-13(9)15)14-8-12(16-17-14)6-4-10(2)18/h3,5,7-8H,4,6,15H2,1-2H3,(H,16,17). The van der Waals surface area contributed by atoms with Crippen molar-refractivity contribution in [3.8, 4) is 11.3 Å². The minimum Gasteiger partial charge on any atom is -0.398 e. The molecule has 4 nitrogen and oxygen atoms in total. The molecule has 0 aliphatic carbocycles. The van der Waals surface area contributed by atoms with Crippen molar-refractivity contribution in [3.05, 3.63) is 35.5 Å². The Morgan fingerprint density at radius 2 is 2.17 bits per heavy atom. The van der Waals surface area contributed by atoms with Gasteiger partial charge in [-0.15, -0.1) is 0 Å². The lowest BCUT2D eigenvalue weighted by Crippen LogP contribution is -1.93. The second-order valence-corrected chi connectivity index (χ2v) is 4.55. The molecule has 1 heterocycles. The fourth-order valence-corrected chi connectivity index (χ4v) is 1.75. The number of Topliss-reactive ketones (excluding diaryl/α,β-unsaturated/α-hetero) is 1. The lowest BCUT2D eigenvalue weighted by Gasteiger charge is -2.01. The summed E-state index contributed by atoms with van der Waals surface area (Å²) in [6.45, 7) is 3.57. The number of ketones is 1. The highest BCUT2D eigenvalue weighted by atomic mass is 16.1. The summed E-state index contributed by atoms with van der Waals surface area (Å²) < 4.78 is 0. The van der Waals surface area contributed by atoms with E-state index in [-0.39, 0.29) is 5.78 Å². The van der Waals surface area contributed by atoms with E-state index in [4.69, 9.17) is 5.73 Å². The van der Waals surface area contributed by atoms with Gasteiger partial charge in [0.05, 0.1) is 5.69 Å². The van der Waals surface area contributed by atoms with Gasteiger partial charge in [-0.1, -0.05) is 12.1 Å². The van der Waals surface area contributed by atoms with Crippen LogP contribution in [-0.4, -0.2) is 16.0 Å². The van der Waals surface area contributed by atoms with E-state index in [2.05, 4.69) is 10.2 Å². The number of nitrogens with zero attached hydrogens (tertiary/aromatic N) is 1. The van der Waals surface area contributed by atoms with Crippen molar-refractivity contribution in [2.45, 2.75) is 26.7 Å². The third kappa shape index (κ3) is 2.77. The van der Waals surface area contributed by atoms with E-state index in [1.54, 1.807) is 6.92 Å². The Morgan fingerprint density at radius 1 is 1.39 bits per heavy atom. The van der Waals surface area contributed by atoms with E-state index in [0.717, 1.165) is 28.2 Å². The molecule has 0 atom stereocenters. The molecule has 3 N–H and O–H groups in total. The summed E-state index contributed by atoms with van der Waals surface area (Å²) in [4.78, 5) is 10.9. The fourth-order valence-electron chi connectivity index (χ4n) is 1.75. The number of nitrogens with two attached hydrogens (primary N) is 1. The molecule has 0 saturated carbocycles. The maximum absolute atomic E-state index is 10.9. The minimum absolute atomic E-state index is 0.186. The van der Waals surface area contributed by atoms with Gasteiger partial charge in [0.25, 0.3) is 0 Å². The number of nitrogen functional groups attached to an aromatic ring is 1. The van der Waals surface area contributed by atoms with Crippen molar-refractivity contribution in [1.29, 1.82) is 0 Å². The highest BCUT2D eigenvalue weighted by Gasteiger charge is 2.06. The Hall–Kier alpha value is -2.10. The van der Waals surface area contributed by atoms with Crippen LogP contribution < -0.4 is 5.73 Å². The summed E-state index contributed by atoms with van der Waals surface area (Å²) in [5.41, 5.74) is 10.5. The molecule has 0 amide bonds. The molecule has 0 saturated heterocycles. The fraction of sp³-hybridized carbons (Fsp3) is 0.286. The number of nitrogens with one attached hydrogen (secondary N) is 1. The van der Waals surface area contributed by atoms with Crippen molar-refractivity contribution < 1.29 is 4.79 Å². The van der Waals surface area contributed by atoms with Crippen LogP contribution in [0, 0.1) is 6.92 Å². The number of hydrogen-bond donors (Lipinski definition) is 2.